The Hall–Kier alpha value is -1.65. The molecule has 1 rings (SSSR count). The molecule has 1 aromatic heterocycles. The lowest BCUT2D eigenvalue weighted by atomic mass is 10.3. The van der Waals surface area contributed by atoms with E-state index in [1.807, 2.05) is 18.7 Å². The molecule has 0 radical (unpaired) electrons. The first-order valence-electron chi connectivity index (χ1n) is 4.99. The van der Waals surface area contributed by atoms with Crippen LogP contribution in [0.3, 0.4) is 0 Å². The molecule has 0 atom stereocenters. The van der Waals surface area contributed by atoms with Crippen molar-refractivity contribution in [1.82, 2.24) is 9.97 Å². The minimum absolute atomic E-state index is 0.0211. The van der Waals surface area contributed by atoms with Crippen molar-refractivity contribution in [3.05, 3.63) is 18.1 Å². The molecule has 0 fully saturated rings. The maximum atomic E-state index is 10.9. The molecule has 0 saturated heterocycles. The lowest BCUT2D eigenvalue weighted by Crippen LogP contribution is -2.27. The Morgan fingerprint density at radius 2 is 2.07 bits per heavy atom. The third kappa shape index (κ3) is 2.65. The van der Waals surface area contributed by atoms with E-state index in [0.29, 0.717) is 5.82 Å². The van der Waals surface area contributed by atoms with Gasteiger partial charge in [-0.2, -0.15) is 0 Å². The maximum absolute atomic E-state index is 10.9. The van der Waals surface area contributed by atoms with E-state index in [2.05, 4.69) is 9.97 Å². The summed E-state index contributed by atoms with van der Waals surface area (Å²) >= 11 is 0. The topological polar surface area (TPSA) is 66.3 Å². The molecule has 0 spiro atoms. The second-order valence-corrected chi connectivity index (χ2v) is 3.11. The number of rotatable bonds is 5. The van der Waals surface area contributed by atoms with Gasteiger partial charge in [-0.15, -0.1) is 0 Å². The predicted octanol–water partition coefficient (Wildman–Crippen LogP) is 1.41. The van der Waals surface area contributed by atoms with Crippen LogP contribution in [0.2, 0.25) is 0 Å². The largest absolute Gasteiger partial charge is 0.476 e. The van der Waals surface area contributed by atoms with Crippen LogP contribution in [0, 0.1) is 0 Å². The number of carbonyl (C=O) groups is 1. The summed E-state index contributed by atoms with van der Waals surface area (Å²) < 4.78 is 0. The summed E-state index contributed by atoms with van der Waals surface area (Å²) in [5, 5.41) is 8.95. The van der Waals surface area contributed by atoms with Crippen LogP contribution in [-0.4, -0.2) is 34.1 Å². The van der Waals surface area contributed by atoms with Crippen LogP contribution in [0.1, 0.15) is 30.8 Å². The lowest BCUT2D eigenvalue weighted by molar-refractivity contribution is 0.0690. The molecule has 1 N–H and O–H groups in total. The fraction of sp³-hybridized carbons (Fsp3) is 0.500. The minimum Gasteiger partial charge on any atom is -0.476 e. The number of nitrogens with zero attached hydrogens (tertiary/aromatic N) is 3. The summed E-state index contributed by atoms with van der Waals surface area (Å²) in [7, 11) is 0. The van der Waals surface area contributed by atoms with Crippen molar-refractivity contribution < 1.29 is 9.90 Å². The number of aromatic carboxylic acids is 1. The summed E-state index contributed by atoms with van der Waals surface area (Å²) in [5.41, 5.74) is 0.0211. The molecule has 0 aromatic carbocycles. The zero-order valence-corrected chi connectivity index (χ0v) is 8.97. The van der Waals surface area contributed by atoms with Gasteiger partial charge in [0.05, 0.1) is 0 Å². The van der Waals surface area contributed by atoms with E-state index in [1.54, 1.807) is 0 Å². The van der Waals surface area contributed by atoms with Gasteiger partial charge in [-0.1, -0.05) is 6.92 Å². The number of hydrogen-bond donors (Lipinski definition) is 1. The van der Waals surface area contributed by atoms with Gasteiger partial charge in [0, 0.05) is 25.5 Å². The van der Waals surface area contributed by atoms with E-state index in [-0.39, 0.29) is 5.69 Å². The van der Waals surface area contributed by atoms with Crippen LogP contribution in [0.15, 0.2) is 12.4 Å². The van der Waals surface area contributed by atoms with E-state index in [0.717, 1.165) is 19.5 Å². The van der Waals surface area contributed by atoms with Gasteiger partial charge >= 0.3 is 5.97 Å². The average Bonchev–Trinajstić information content (AvgIpc) is 2.26. The average molecular weight is 209 g/mol. The van der Waals surface area contributed by atoms with Crippen molar-refractivity contribution in [3.63, 3.8) is 0 Å². The highest BCUT2D eigenvalue weighted by Gasteiger charge is 2.16. The molecule has 0 amide bonds. The van der Waals surface area contributed by atoms with E-state index in [9.17, 15) is 4.79 Å². The Labute approximate surface area is 88.8 Å². The zero-order valence-electron chi connectivity index (χ0n) is 8.97. The Morgan fingerprint density at radius 1 is 1.40 bits per heavy atom. The monoisotopic (exact) mass is 209 g/mol. The molecule has 0 aliphatic heterocycles. The molecular weight excluding hydrogens is 194 g/mol. The van der Waals surface area contributed by atoms with Crippen molar-refractivity contribution in [2.75, 3.05) is 18.0 Å². The third-order valence-corrected chi connectivity index (χ3v) is 2.06. The first-order valence-corrected chi connectivity index (χ1v) is 4.99. The van der Waals surface area contributed by atoms with Crippen LogP contribution < -0.4 is 4.90 Å². The normalized spacial score (nSPS) is 10.0. The van der Waals surface area contributed by atoms with Gasteiger partial charge in [-0.3, -0.25) is 0 Å². The molecule has 0 saturated carbocycles. The Balaban J connectivity index is 3.04. The zero-order chi connectivity index (χ0) is 11.3. The van der Waals surface area contributed by atoms with Crippen LogP contribution >= 0.6 is 0 Å². The molecule has 0 aliphatic rings. The Bertz CT molecular complexity index is 341. The molecule has 15 heavy (non-hydrogen) atoms. The second kappa shape index (κ2) is 5.29. The van der Waals surface area contributed by atoms with E-state index >= 15 is 0 Å². The molecule has 82 valence electrons. The highest BCUT2D eigenvalue weighted by atomic mass is 16.4. The minimum atomic E-state index is -1.03. The van der Waals surface area contributed by atoms with E-state index in [4.69, 9.17) is 5.11 Å². The predicted molar refractivity (Wildman–Crippen MR) is 57.2 cm³/mol. The number of anilines is 1. The molecule has 1 heterocycles. The van der Waals surface area contributed by atoms with Gasteiger partial charge in [0.1, 0.15) is 0 Å². The second-order valence-electron chi connectivity index (χ2n) is 3.11. The van der Waals surface area contributed by atoms with Gasteiger partial charge in [0.15, 0.2) is 11.5 Å². The molecule has 1 aromatic rings. The van der Waals surface area contributed by atoms with Gasteiger partial charge in [0.25, 0.3) is 0 Å². The fourth-order valence-corrected chi connectivity index (χ4v) is 1.40. The molecule has 5 heteroatoms. The van der Waals surface area contributed by atoms with Crippen molar-refractivity contribution in [3.8, 4) is 0 Å². The first-order chi connectivity index (χ1) is 7.20. The van der Waals surface area contributed by atoms with Crippen molar-refractivity contribution >= 4 is 11.8 Å². The molecule has 0 unspecified atom stereocenters. The molecule has 5 nitrogen and oxygen atoms in total. The van der Waals surface area contributed by atoms with Gasteiger partial charge in [-0.05, 0) is 13.3 Å². The SMILES string of the molecule is CCCN(CC)c1nccnc1C(=O)O. The summed E-state index contributed by atoms with van der Waals surface area (Å²) in [5.74, 6) is -0.581. The van der Waals surface area contributed by atoms with Gasteiger partial charge in [0.2, 0.25) is 0 Å². The van der Waals surface area contributed by atoms with Crippen LogP contribution in [-0.2, 0) is 0 Å². The van der Waals surface area contributed by atoms with Crippen molar-refractivity contribution in [2.45, 2.75) is 20.3 Å². The number of carboxylic acids is 1. The Morgan fingerprint density at radius 3 is 2.60 bits per heavy atom. The quantitative estimate of drug-likeness (QED) is 0.794. The summed E-state index contributed by atoms with van der Waals surface area (Å²) in [6.45, 7) is 5.53. The summed E-state index contributed by atoms with van der Waals surface area (Å²) in [6, 6.07) is 0. The third-order valence-electron chi connectivity index (χ3n) is 2.06. The van der Waals surface area contributed by atoms with E-state index in [1.165, 1.54) is 12.4 Å². The maximum Gasteiger partial charge on any atom is 0.358 e. The number of carboxylic acid groups (broad SMARTS) is 1. The summed E-state index contributed by atoms with van der Waals surface area (Å²) in [4.78, 5) is 20.7. The molecule has 0 aliphatic carbocycles. The van der Waals surface area contributed by atoms with Crippen LogP contribution in [0.4, 0.5) is 5.82 Å². The van der Waals surface area contributed by atoms with Crippen molar-refractivity contribution in [2.24, 2.45) is 0 Å². The van der Waals surface area contributed by atoms with Gasteiger partial charge < -0.3 is 10.0 Å². The summed E-state index contributed by atoms with van der Waals surface area (Å²) in [6.07, 6.45) is 3.86. The molecule has 0 bridgehead atoms. The smallest absolute Gasteiger partial charge is 0.358 e. The number of aromatic nitrogens is 2. The van der Waals surface area contributed by atoms with Crippen molar-refractivity contribution in [1.29, 1.82) is 0 Å². The van der Waals surface area contributed by atoms with Crippen LogP contribution in [0.5, 0.6) is 0 Å². The standard InChI is InChI=1S/C10H15N3O2/c1-3-7-13(4-2)9-8(10(14)15)11-5-6-12-9/h5-6H,3-4,7H2,1-2H3,(H,14,15). The number of hydrogen-bond acceptors (Lipinski definition) is 4. The first kappa shape index (κ1) is 11.4. The lowest BCUT2D eigenvalue weighted by Gasteiger charge is -2.21. The molecular formula is C10H15N3O2. The fourth-order valence-electron chi connectivity index (χ4n) is 1.40. The van der Waals surface area contributed by atoms with Crippen LogP contribution in [0.25, 0.3) is 0 Å². The highest BCUT2D eigenvalue weighted by Crippen LogP contribution is 2.14. The highest BCUT2D eigenvalue weighted by molar-refractivity contribution is 5.90. The van der Waals surface area contributed by atoms with Gasteiger partial charge in [-0.25, -0.2) is 14.8 Å². The Kier molecular flexibility index (Phi) is 4.03. The van der Waals surface area contributed by atoms with E-state index < -0.39 is 5.97 Å².